The van der Waals surface area contributed by atoms with Crippen molar-refractivity contribution in [3.05, 3.63) is 0 Å². The maximum absolute atomic E-state index is 10.9. The second-order valence-electron chi connectivity index (χ2n) is 3.04. The van der Waals surface area contributed by atoms with Crippen molar-refractivity contribution < 1.29 is 27.0 Å². The van der Waals surface area contributed by atoms with E-state index in [2.05, 4.69) is 4.18 Å². The minimum atomic E-state index is -4.33. The number of hydrogen-bond donors (Lipinski definition) is 2. The zero-order chi connectivity index (χ0) is 12.8. The first-order valence-electron chi connectivity index (χ1n) is 4.38. The standard InChI is InChI=1S/C6H15ClNO6PS/c1-16(12,13)14-6-2-4-8(5-3-7)15(9,10)11/h2-6H2,1H3,(H2,9,10,11). The van der Waals surface area contributed by atoms with Crippen LogP contribution in [0.2, 0.25) is 0 Å². The van der Waals surface area contributed by atoms with Gasteiger partial charge < -0.3 is 9.79 Å². The van der Waals surface area contributed by atoms with Gasteiger partial charge in [-0.1, -0.05) is 0 Å². The van der Waals surface area contributed by atoms with E-state index in [0.29, 0.717) is 0 Å². The molecule has 0 aliphatic rings. The second-order valence-corrected chi connectivity index (χ2v) is 6.65. The summed E-state index contributed by atoms with van der Waals surface area (Å²) in [6.07, 6.45) is 1.10. The predicted molar refractivity (Wildman–Crippen MR) is 59.7 cm³/mol. The molecule has 0 rings (SSSR count). The summed E-state index contributed by atoms with van der Waals surface area (Å²) in [6.45, 7) is -0.0607. The van der Waals surface area contributed by atoms with Crippen molar-refractivity contribution in [2.75, 3.05) is 31.8 Å². The van der Waals surface area contributed by atoms with Gasteiger partial charge in [0.25, 0.3) is 10.1 Å². The van der Waals surface area contributed by atoms with Crippen molar-refractivity contribution in [1.29, 1.82) is 0 Å². The normalized spacial score (nSPS) is 13.3. The Hall–Kier alpha value is 0.310. The Labute approximate surface area is 99.7 Å². The highest BCUT2D eigenvalue weighted by atomic mass is 35.5. The maximum atomic E-state index is 10.9. The molecule has 0 heterocycles. The Kier molecular flexibility index (Phi) is 7.04. The van der Waals surface area contributed by atoms with E-state index in [9.17, 15) is 13.0 Å². The van der Waals surface area contributed by atoms with Crippen LogP contribution in [0.25, 0.3) is 0 Å². The molecule has 0 aliphatic carbocycles. The van der Waals surface area contributed by atoms with Crippen LogP contribution in [-0.4, -0.2) is 54.7 Å². The Bertz CT molecular complexity index is 341. The first-order valence-corrected chi connectivity index (χ1v) is 8.30. The molecule has 0 amide bonds. The van der Waals surface area contributed by atoms with Crippen LogP contribution in [0.3, 0.4) is 0 Å². The highest BCUT2D eigenvalue weighted by molar-refractivity contribution is 7.85. The molecular formula is C6H15ClNO6PS. The van der Waals surface area contributed by atoms with Gasteiger partial charge in [0.2, 0.25) is 0 Å². The molecule has 0 bridgehead atoms. The summed E-state index contributed by atoms with van der Waals surface area (Å²) >= 11 is 5.38. The third-order valence-electron chi connectivity index (χ3n) is 1.57. The van der Waals surface area contributed by atoms with E-state index < -0.39 is 17.9 Å². The smallest absolute Gasteiger partial charge is 0.312 e. The Morgan fingerprint density at radius 2 is 1.94 bits per heavy atom. The Balaban J connectivity index is 4.00. The first kappa shape index (κ1) is 16.3. The number of hydrogen-bond acceptors (Lipinski definition) is 4. The molecule has 0 saturated heterocycles. The van der Waals surface area contributed by atoms with E-state index in [-0.39, 0.29) is 32.0 Å². The lowest BCUT2D eigenvalue weighted by Gasteiger charge is -2.21. The van der Waals surface area contributed by atoms with Crippen LogP contribution >= 0.6 is 19.3 Å². The van der Waals surface area contributed by atoms with Crippen LogP contribution in [0.1, 0.15) is 6.42 Å². The van der Waals surface area contributed by atoms with Crippen LogP contribution in [0.5, 0.6) is 0 Å². The van der Waals surface area contributed by atoms with Crippen LogP contribution in [0.15, 0.2) is 0 Å². The van der Waals surface area contributed by atoms with Gasteiger partial charge in [0.05, 0.1) is 12.9 Å². The lowest BCUT2D eigenvalue weighted by Crippen LogP contribution is -2.25. The topological polar surface area (TPSA) is 104 Å². The van der Waals surface area contributed by atoms with E-state index in [0.717, 1.165) is 10.9 Å². The second kappa shape index (κ2) is 6.90. The average Bonchev–Trinajstić information content (AvgIpc) is 2.06. The molecule has 16 heavy (non-hydrogen) atoms. The lowest BCUT2D eigenvalue weighted by molar-refractivity contribution is 0.253. The van der Waals surface area contributed by atoms with E-state index >= 15 is 0 Å². The first-order chi connectivity index (χ1) is 7.17. The van der Waals surface area contributed by atoms with Gasteiger partial charge in [-0.05, 0) is 6.42 Å². The number of halogens is 1. The van der Waals surface area contributed by atoms with Crippen molar-refractivity contribution in [2.45, 2.75) is 6.42 Å². The lowest BCUT2D eigenvalue weighted by atomic mass is 10.4. The molecule has 2 N–H and O–H groups in total. The molecule has 0 spiro atoms. The minimum Gasteiger partial charge on any atom is -0.312 e. The third-order valence-corrected chi connectivity index (χ3v) is 3.47. The Morgan fingerprint density at radius 1 is 1.38 bits per heavy atom. The summed E-state index contributed by atoms with van der Waals surface area (Å²) in [4.78, 5) is 17.8. The summed E-state index contributed by atoms with van der Waals surface area (Å²) in [6, 6.07) is 0. The molecule has 10 heteroatoms. The quantitative estimate of drug-likeness (QED) is 0.281. The highest BCUT2D eigenvalue weighted by Crippen LogP contribution is 2.39. The van der Waals surface area contributed by atoms with E-state index in [1.807, 2.05) is 0 Å². The summed E-state index contributed by atoms with van der Waals surface area (Å²) in [5.74, 6) is 0.0814. The summed E-state index contributed by atoms with van der Waals surface area (Å²) in [5.41, 5.74) is 0. The summed E-state index contributed by atoms with van der Waals surface area (Å²) in [5, 5.41) is 0. The molecule has 7 nitrogen and oxygen atoms in total. The van der Waals surface area contributed by atoms with Crippen LogP contribution < -0.4 is 0 Å². The predicted octanol–water partition coefficient (Wildman–Crippen LogP) is -0.0138. The van der Waals surface area contributed by atoms with Crippen LogP contribution in [-0.2, 0) is 18.9 Å². The maximum Gasteiger partial charge on any atom is 0.403 e. The third kappa shape index (κ3) is 8.46. The monoisotopic (exact) mass is 295 g/mol. The van der Waals surface area contributed by atoms with Gasteiger partial charge in [-0.25, -0.2) is 9.24 Å². The molecule has 0 saturated carbocycles. The van der Waals surface area contributed by atoms with Gasteiger partial charge in [-0.15, -0.1) is 11.6 Å². The van der Waals surface area contributed by atoms with Crippen LogP contribution in [0, 0.1) is 0 Å². The SMILES string of the molecule is CS(=O)(=O)OCCCN(CCCl)P(=O)(O)O. The zero-order valence-electron chi connectivity index (χ0n) is 8.74. The van der Waals surface area contributed by atoms with Crippen LogP contribution in [0.4, 0.5) is 0 Å². The summed E-state index contributed by atoms with van der Waals surface area (Å²) < 4.78 is 37.4. The number of rotatable bonds is 8. The average molecular weight is 296 g/mol. The molecule has 0 aromatic rings. The molecule has 0 aromatic carbocycles. The van der Waals surface area contributed by atoms with Gasteiger partial charge in [0.15, 0.2) is 0 Å². The number of alkyl halides is 1. The van der Waals surface area contributed by atoms with Gasteiger partial charge in [0.1, 0.15) is 0 Å². The molecular weight excluding hydrogens is 281 g/mol. The minimum absolute atomic E-state index is 0.0204. The fourth-order valence-corrected chi connectivity index (χ4v) is 2.43. The van der Waals surface area contributed by atoms with Gasteiger partial charge >= 0.3 is 7.75 Å². The van der Waals surface area contributed by atoms with E-state index in [1.54, 1.807) is 0 Å². The molecule has 0 unspecified atom stereocenters. The van der Waals surface area contributed by atoms with Gasteiger partial charge in [-0.2, -0.15) is 8.42 Å². The van der Waals surface area contributed by atoms with Crippen molar-refractivity contribution >= 4 is 29.5 Å². The van der Waals surface area contributed by atoms with Gasteiger partial charge in [0, 0.05) is 19.0 Å². The molecule has 0 radical (unpaired) electrons. The van der Waals surface area contributed by atoms with E-state index in [4.69, 9.17) is 21.4 Å². The molecule has 0 atom stereocenters. The van der Waals surface area contributed by atoms with Crippen molar-refractivity contribution in [2.24, 2.45) is 0 Å². The van der Waals surface area contributed by atoms with Gasteiger partial charge in [-0.3, -0.25) is 4.18 Å². The van der Waals surface area contributed by atoms with Crippen molar-refractivity contribution in [1.82, 2.24) is 4.67 Å². The molecule has 0 fully saturated rings. The molecule has 98 valence electrons. The highest BCUT2D eigenvalue weighted by Gasteiger charge is 2.23. The molecule has 0 aliphatic heterocycles. The van der Waals surface area contributed by atoms with E-state index in [1.165, 1.54) is 0 Å². The van der Waals surface area contributed by atoms with Crippen molar-refractivity contribution in [3.8, 4) is 0 Å². The largest absolute Gasteiger partial charge is 0.403 e. The summed E-state index contributed by atoms with van der Waals surface area (Å²) in [7, 11) is -7.84. The van der Waals surface area contributed by atoms with Crippen molar-refractivity contribution in [3.63, 3.8) is 0 Å². The molecule has 0 aromatic heterocycles. The Morgan fingerprint density at radius 3 is 2.31 bits per heavy atom. The fourth-order valence-electron chi connectivity index (χ4n) is 0.927. The zero-order valence-corrected chi connectivity index (χ0v) is 11.2. The number of nitrogens with zero attached hydrogens (tertiary/aromatic N) is 1. The fraction of sp³-hybridized carbons (Fsp3) is 1.00.